The summed E-state index contributed by atoms with van der Waals surface area (Å²) >= 11 is 12.1. The van der Waals surface area contributed by atoms with Crippen molar-refractivity contribution in [1.82, 2.24) is 9.88 Å². The predicted octanol–water partition coefficient (Wildman–Crippen LogP) is 2.92. The van der Waals surface area contributed by atoms with Crippen LogP contribution in [0.3, 0.4) is 0 Å². The largest absolute Gasteiger partial charge is 0.367 e. The standard InChI is InChI=1S/C17H16Cl2N4O2/c18-13-2-1-3-14(19)16(13)21-17(25)15-5-4-12(10-20-15)23-8-6-22(11-24)7-9-23/h1-5,10-11H,6-9H2,(H,21,25). The molecular weight excluding hydrogens is 363 g/mol. The van der Waals surface area contributed by atoms with Gasteiger partial charge in [-0.3, -0.25) is 9.59 Å². The molecule has 1 N–H and O–H groups in total. The number of rotatable bonds is 4. The van der Waals surface area contributed by atoms with Crippen molar-refractivity contribution >= 4 is 46.9 Å². The Morgan fingerprint density at radius 1 is 1.08 bits per heavy atom. The van der Waals surface area contributed by atoms with Gasteiger partial charge in [-0.15, -0.1) is 0 Å². The first-order valence-electron chi connectivity index (χ1n) is 7.74. The van der Waals surface area contributed by atoms with E-state index in [1.165, 1.54) is 0 Å². The maximum Gasteiger partial charge on any atom is 0.274 e. The number of halogens is 2. The van der Waals surface area contributed by atoms with Crippen LogP contribution in [0.4, 0.5) is 11.4 Å². The third-order valence-electron chi connectivity index (χ3n) is 4.01. The molecule has 0 bridgehead atoms. The molecule has 1 aromatic carbocycles. The normalized spacial score (nSPS) is 14.3. The van der Waals surface area contributed by atoms with Gasteiger partial charge in [0.2, 0.25) is 6.41 Å². The summed E-state index contributed by atoms with van der Waals surface area (Å²) in [4.78, 5) is 31.2. The van der Waals surface area contributed by atoms with E-state index in [1.807, 2.05) is 6.07 Å². The molecule has 1 aliphatic rings. The van der Waals surface area contributed by atoms with Crippen molar-refractivity contribution in [2.75, 3.05) is 36.4 Å². The van der Waals surface area contributed by atoms with Crippen LogP contribution in [-0.4, -0.2) is 48.4 Å². The molecule has 2 aromatic rings. The summed E-state index contributed by atoms with van der Waals surface area (Å²) in [6.45, 7) is 2.83. The molecule has 0 unspecified atom stereocenters. The van der Waals surface area contributed by atoms with Gasteiger partial charge < -0.3 is 15.1 Å². The zero-order valence-electron chi connectivity index (χ0n) is 13.3. The molecule has 0 saturated carbocycles. The fraction of sp³-hybridized carbons (Fsp3) is 0.235. The summed E-state index contributed by atoms with van der Waals surface area (Å²) in [5.74, 6) is -0.382. The minimum Gasteiger partial charge on any atom is -0.367 e. The zero-order valence-corrected chi connectivity index (χ0v) is 14.8. The van der Waals surface area contributed by atoms with Gasteiger partial charge in [-0.2, -0.15) is 0 Å². The lowest BCUT2D eigenvalue weighted by Crippen LogP contribution is -2.45. The van der Waals surface area contributed by atoms with E-state index < -0.39 is 0 Å². The Bertz CT molecular complexity index is 754. The van der Waals surface area contributed by atoms with Crippen molar-refractivity contribution in [3.05, 3.63) is 52.3 Å². The lowest BCUT2D eigenvalue weighted by Gasteiger charge is -2.33. The Kier molecular flexibility index (Phi) is 5.40. The summed E-state index contributed by atoms with van der Waals surface area (Å²) < 4.78 is 0. The van der Waals surface area contributed by atoms with Gasteiger partial charge in [0.05, 0.1) is 27.6 Å². The molecule has 1 aromatic heterocycles. The number of benzene rings is 1. The summed E-state index contributed by atoms with van der Waals surface area (Å²) in [7, 11) is 0. The van der Waals surface area contributed by atoms with Gasteiger partial charge in [0.15, 0.2) is 0 Å². The summed E-state index contributed by atoms with van der Waals surface area (Å²) in [5.41, 5.74) is 1.55. The molecule has 3 rings (SSSR count). The number of piperazine rings is 1. The number of anilines is 2. The number of hydrogen-bond acceptors (Lipinski definition) is 4. The second kappa shape index (κ2) is 7.72. The number of hydrogen-bond donors (Lipinski definition) is 1. The Hall–Kier alpha value is -2.31. The van der Waals surface area contributed by atoms with Crippen molar-refractivity contribution in [3.8, 4) is 0 Å². The van der Waals surface area contributed by atoms with E-state index in [0.29, 0.717) is 28.8 Å². The molecule has 0 radical (unpaired) electrons. The first-order valence-corrected chi connectivity index (χ1v) is 8.50. The van der Waals surface area contributed by atoms with Crippen molar-refractivity contribution in [1.29, 1.82) is 0 Å². The van der Waals surface area contributed by atoms with Crippen LogP contribution in [0.5, 0.6) is 0 Å². The lowest BCUT2D eigenvalue weighted by atomic mass is 10.2. The van der Waals surface area contributed by atoms with Gasteiger partial charge in [-0.25, -0.2) is 4.98 Å². The minimum atomic E-state index is -0.382. The van der Waals surface area contributed by atoms with Crippen molar-refractivity contribution in [2.24, 2.45) is 0 Å². The summed E-state index contributed by atoms with van der Waals surface area (Å²) in [6.07, 6.45) is 2.52. The van der Waals surface area contributed by atoms with Crippen LogP contribution >= 0.6 is 23.2 Å². The van der Waals surface area contributed by atoms with Crippen LogP contribution in [-0.2, 0) is 4.79 Å². The van der Waals surface area contributed by atoms with Crippen LogP contribution in [0.1, 0.15) is 10.5 Å². The first kappa shape index (κ1) is 17.5. The second-order valence-corrected chi connectivity index (χ2v) is 6.40. The predicted molar refractivity (Wildman–Crippen MR) is 98.5 cm³/mol. The number of para-hydroxylation sites is 1. The van der Waals surface area contributed by atoms with Crippen LogP contribution in [0, 0.1) is 0 Å². The molecule has 0 atom stereocenters. The molecule has 8 heteroatoms. The highest BCUT2D eigenvalue weighted by Crippen LogP contribution is 2.30. The van der Waals surface area contributed by atoms with Crippen molar-refractivity contribution in [3.63, 3.8) is 0 Å². The highest BCUT2D eigenvalue weighted by molar-refractivity contribution is 6.40. The monoisotopic (exact) mass is 378 g/mol. The molecule has 25 heavy (non-hydrogen) atoms. The molecule has 0 aliphatic carbocycles. The van der Waals surface area contributed by atoms with Crippen LogP contribution < -0.4 is 10.2 Å². The number of nitrogens with zero attached hydrogens (tertiary/aromatic N) is 3. The van der Waals surface area contributed by atoms with E-state index >= 15 is 0 Å². The van der Waals surface area contributed by atoms with E-state index in [9.17, 15) is 9.59 Å². The van der Waals surface area contributed by atoms with Gasteiger partial charge >= 0.3 is 0 Å². The number of nitrogens with one attached hydrogen (secondary N) is 1. The number of carbonyl (C=O) groups excluding carboxylic acids is 2. The SMILES string of the molecule is O=CN1CCN(c2ccc(C(=O)Nc3c(Cl)cccc3Cl)nc2)CC1. The van der Waals surface area contributed by atoms with Crippen LogP contribution in [0.2, 0.25) is 10.0 Å². The highest BCUT2D eigenvalue weighted by Gasteiger charge is 2.17. The topological polar surface area (TPSA) is 65.5 Å². The van der Waals surface area contributed by atoms with Gasteiger partial charge in [0.1, 0.15) is 5.69 Å². The number of pyridine rings is 1. The average Bonchev–Trinajstić information content (AvgIpc) is 2.65. The van der Waals surface area contributed by atoms with E-state index in [1.54, 1.807) is 35.4 Å². The number of amides is 2. The third kappa shape index (κ3) is 4.03. The smallest absolute Gasteiger partial charge is 0.274 e. The molecule has 2 heterocycles. The fourth-order valence-electron chi connectivity index (χ4n) is 2.59. The van der Waals surface area contributed by atoms with Gasteiger partial charge in [0, 0.05) is 26.2 Å². The zero-order chi connectivity index (χ0) is 17.8. The van der Waals surface area contributed by atoms with E-state index in [-0.39, 0.29) is 11.6 Å². The van der Waals surface area contributed by atoms with Gasteiger partial charge in [-0.1, -0.05) is 29.3 Å². The van der Waals surface area contributed by atoms with Gasteiger partial charge in [0.25, 0.3) is 5.91 Å². The van der Waals surface area contributed by atoms with Crippen LogP contribution in [0.15, 0.2) is 36.5 Å². The first-order chi connectivity index (χ1) is 12.1. The second-order valence-electron chi connectivity index (χ2n) is 5.58. The Morgan fingerprint density at radius 2 is 1.76 bits per heavy atom. The fourth-order valence-corrected chi connectivity index (χ4v) is 3.08. The third-order valence-corrected chi connectivity index (χ3v) is 4.64. The van der Waals surface area contributed by atoms with Gasteiger partial charge in [-0.05, 0) is 24.3 Å². The molecule has 1 aliphatic heterocycles. The average molecular weight is 379 g/mol. The molecule has 0 spiro atoms. The molecule has 1 saturated heterocycles. The molecule has 2 amide bonds. The summed E-state index contributed by atoms with van der Waals surface area (Å²) in [6, 6.07) is 8.50. The maximum atomic E-state index is 12.3. The summed E-state index contributed by atoms with van der Waals surface area (Å²) in [5, 5.41) is 3.42. The van der Waals surface area contributed by atoms with Crippen molar-refractivity contribution < 1.29 is 9.59 Å². The minimum absolute atomic E-state index is 0.270. The lowest BCUT2D eigenvalue weighted by molar-refractivity contribution is -0.118. The quantitative estimate of drug-likeness (QED) is 0.830. The maximum absolute atomic E-state index is 12.3. The van der Waals surface area contributed by atoms with Crippen LogP contribution in [0.25, 0.3) is 0 Å². The van der Waals surface area contributed by atoms with Crippen molar-refractivity contribution in [2.45, 2.75) is 0 Å². The van der Waals surface area contributed by atoms with E-state index in [0.717, 1.165) is 25.2 Å². The highest BCUT2D eigenvalue weighted by atomic mass is 35.5. The Morgan fingerprint density at radius 3 is 2.32 bits per heavy atom. The molecule has 6 nitrogen and oxygen atoms in total. The number of aromatic nitrogens is 1. The Balaban J connectivity index is 1.68. The Labute approximate surface area is 155 Å². The van der Waals surface area contributed by atoms with E-state index in [4.69, 9.17) is 23.2 Å². The molecule has 1 fully saturated rings. The number of carbonyl (C=O) groups is 2. The van der Waals surface area contributed by atoms with E-state index in [2.05, 4.69) is 15.2 Å². The molecular formula is C17H16Cl2N4O2. The molecule has 130 valence electrons.